The first-order valence-corrected chi connectivity index (χ1v) is 9.95. The minimum Gasteiger partial charge on any atom is -0.497 e. The summed E-state index contributed by atoms with van der Waals surface area (Å²) in [5.74, 6) is 1.00. The Bertz CT molecular complexity index is 1050. The summed E-state index contributed by atoms with van der Waals surface area (Å²) in [6.45, 7) is 0.606. The molecule has 0 aliphatic carbocycles. The predicted molar refractivity (Wildman–Crippen MR) is 114 cm³/mol. The van der Waals surface area contributed by atoms with Gasteiger partial charge in [-0.3, -0.25) is 4.79 Å². The Balaban J connectivity index is 1.69. The van der Waals surface area contributed by atoms with Gasteiger partial charge in [0.2, 0.25) is 5.91 Å². The van der Waals surface area contributed by atoms with Crippen LogP contribution in [0.15, 0.2) is 78.9 Å². The number of nitrogens with zero attached hydrogens (tertiary/aromatic N) is 2. The number of hydrogen-bond acceptors (Lipinski definition) is 3. The van der Waals surface area contributed by atoms with E-state index in [1.807, 2.05) is 35.2 Å². The molecular weight excluding hydrogens is 360 g/mol. The molecule has 0 aromatic heterocycles. The van der Waals surface area contributed by atoms with Crippen molar-refractivity contribution in [3.8, 4) is 5.75 Å². The van der Waals surface area contributed by atoms with Crippen molar-refractivity contribution in [1.82, 2.24) is 4.90 Å². The third-order valence-corrected chi connectivity index (χ3v) is 6.40. The third kappa shape index (κ3) is 2.55. The highest BCUT2D eigenvalue weighted by Gasteiger charge is 2.60. The number of likely N-dealkylation sites (N-methyl/N-ethyl adjacent to an activating group) is 1. The topological polar surface area (TPSA) is 32.8 Å². The molecule has 4 heteroatoms. The van der Waals surface area contributed by atoms with Crippen LogP contribution in [0, 0.1) is 0 Å². The number of methoxy groups -OCH3 is 1. The number of benzene rings is 3. The van der Waals surface area contributed by atoms with Crippen LogP contribution in [0.3, 0.4) is 0 Å². The summed E-state index contributed by atoms with van der Waals surface area (Å²) in [6.07, 6.45) is 0.388. The van der Waals surface area contributed by atoms with Crippen LogP contribution in [0.2, 0.25) is 0 Å². The van der Waals surface area contributed by atoms with Crippen LogP contribution in [0.1, 0.15) is 23.1 Å². The molecule has 2 heterocycles. The fraction of sp³-hybridized carbons (Fsp3) is 0.240. The summed E-state index contributed by atoms with van der Waals surface area (Å²) in [4.78, 5) is 17.6. The molecule has 3 aromatic rings. The van der Waals surface area contributed by atoms with Crippen molar-refractivity contribution in [2.45, 2.75) is 24.5 Å². The van der Waals surface area contributed by atoms with Gasteiger partial charge >= 0.3 is 0 Å². The summed E-state index contributed by atoms with van der Waals surface area (Å²) >= 11 is 0. The molecule has 1 fully saturated rings. The molecule has 2 aliphatic rings. The van der Waals surface area contributed by atoms with Crippen molar-refractivity contribution >= 4 is 11.6 Å². The van der Waals surface area contributed by atoms with E-state index in [0.29, 0.717) is 13.0 Å². The lowest BCUT2D eigenvalue weighted by atomic mass is 9.73. The second-order valence-corrected chi connectivity index (χ2v) is 7.89. The van der Waals surface area contributed by atoms with Gasteiger partial charge in [-0.25, -0.2) is 0 Å². The number of carbonyl (C=O) groups excluding carboxylic acids is 1. The molecule has 0 spiro atoms. The number of carbonyl (C=O) groups is 1. The summed E-state index contributed by atoms with van der Waals surface area (Å²) in [7, 11) is 3.78. The summed E-state index contributed by atoms with van der Waals surface area (Å²) in [5, 5.41) is 0. The molecule has 0 N–H and O–H groups in total. The normalized spacial score (nSPS) is 22.6. The molecule has 2 atom stereocenters. The first-order chi connectivity index (χ1) is 14.1. The lowest BCUT2D eigenvalue weighted by Crippen LogP contribution is -2.49. The van der Waals surface area contributed by atoms with E-state index in [1.165, 1.54) is 11.1 Å². The number of ether oxygens (including phenoxy) is 1. The smallest absolute Gasteiger partial charge is 0.225 e. The van der Waals surface area contributed by atoms with Crippen molar-refractivity contribution < 1.29 is 9.53 Å². The van der Waals surface area contributed by atoms with Crippen molar-refractivity contribution in [2.24, 2.45) is 0 Å². The van der Waals surface area contributed by atoms with Gasteiger partial charge in [-0.2, -0.15) is 0 Å². The molecule has 4 nitrogen and oxygen atoms in total. The molecule has 0 unspecified atom stereocenters. The predicted octanol–water partition coefficient (Wildman–Crippen LogP) is 4.19. The molecule has 5 rings (SSSR count). The fourth-order valence-electron chi connectivity index (χ4n) is 5.14. The number of likely N-dealkylation sites (tertiary alicyclic amines) is 1. The fourth-order valence-corrected chi connectivity index (χ4v) is 5.14. The quantitative estimate of drug-likeness (QED) is 0.676. The Kier molecular flexibility index (Phi) is 4.09. The zero-order valence-electron chi connectivity index (χ0n) is 16.7. The first-order valence-electron chi connectivity index (χ1n) is 9.95. The zero-order valence-corrected chi connectivity index (χ0v) is 16.7. The molecule has 0 saturated carbocycles. The molecule has 146 valence electrons. The largest absolute Gasteiger partial charge is 0.497 e. The van der Waals surface area contributed by atoms with Crippen LogP contribution in [0.25, 0.3) is 0 Å². The van der Waals surface area contributed by atoms with Gasteiger partial charge in [0.15, 0.2) is 0 Å². The van der Waals surface area contributed by atoms with Gasteiger partial charge in [-0.1, -0.05) is 60.7 Å². The van der Waals surface area contributed by atoms with Crippen LogP contribution in [0.4, 0.5) is 5.69 Å². The number of fused-ring (bicyclic) bond motifs is 3. The zero-order chi connectivity index (χ0) is 20.0. The number of hydrogen-bond donors (Lipinski definition) is 0. The van der Waals surface area contributed by atoms with Gasteiger partial charge in [0.1, 0.15) is 11.9 Å². The number of anilines is 1. The average Bonchev–Trinajstić information content (AvgIpc) is 3.19. The molecule has 0 radical (unpaired) electrons. The minimum atomic E-state index is -0.411. The Morgan fingerprint density at radius 1 is 1.00 bits per heavy atom. The third-order valence-electron chi connectivity index (χ3n) is 6.40. The summed E-state index contributed by atoms with van der Waals surface area (Å²) in [5.41, 5.74) is 4.23. The Labute approximate surface area is 171 Å². The molecule has 1 saturated heterocycles. The molecular formula is C25H24N2O2. The molecule has 3 aromatic carbocycles. The minimum absolute atomic E-state index is 0.0697. The van der Waals surface area contributed by atoms with Crippen LogP contribution < -0.4 is 9.64 Å². The monoisotopic (exact) mass is 384 g/mol. The van der Waals surface area contributed by atoms with E-state index in [0.717, 1.165) is 17.0 Å². The van der Waals surface area contributed by atoms with Gasteiger partial charge in [0.05, 0.1) is 12.5 Å². The van der Waals surface area contributed by atoms with Crippen molar-refractivity contribution in [3.63, 3.8) is 0 Å². The average molecular weight is 384 g/mol. The van der Waals surface area contributed by atoms with E-state index >= 15 is 0 Å². The molecule has 1 amide bonds. The van der Waals surface area contributed by atoms with E-state index in [2.05, 4.69) is 60.5 Å². The Hall–Kier alpha value is -3.27. The highest BCUT2D eigenvalue weighted by Crippen LogP contribution is 2.56. The van der Waals surface area contributed by atoms with Gasteiger partial charge in [0, 0.05) is 25.7 Å². The maximum Gasteiger partial charge on any atom is 0.225 e. The second kappa shape index (κ2) is 6.66. The Morgan fingerprint density at radius 2 is 1.69 bits per heavy atom. The van der Waals surface area contributed by atoms with Gasteiger partial charge in [-0.15, -0.1) is 0 Å². The van der Waals surface area contributed by atoms with E-state index in [9.17, 15) is 4.79 Å². The lowest BCUT2D eigenvalue weighted by molar-refractivity contribution is -0.129. The maximum absolute atomic E-state index is 13.3. The second-order valence-electron chi connectivity index (χ2n) is 7.89. The van der Waals surface area contributed by atoms with Crippen molar-refractivity contribution in [3.05, 3.63) is 95.6 Å². The standard InChI is InChI=1S/C25H24N2O2/c1-26-22-14-13-20(29-2)15-21(22)25(19-11-7-4-8-12-19)16-23(28)27(24(25)26)17-18-9-5-3-6-10-18/h3-15,24H,16-17H2,1-2H3/t24-,25+/m1/s1. The molecule has 29 heavy (non-hydrogen) atoms. The van der Waals surface area contributed by atoms with E-state index < -0.39 is 5.41 Å². The van der Waals surface area contributed by atoms with Crippen LogP contribution in [-0.2, 0) is 16.8 Å². The van der Waals surface area contributed by atoms with Crippen molar-refractivity contribution in [1.29, 1.82) is 0 Å². The van der Waals surface area contributed by atoms with Gasteiger partial charge in [-0.05, 0) is 34.9 Å². The highest BCUT2D eigenvalue weighted by molar-refractivity contribution is 5.88. The van der Waals surface area contributed by atoms with Crippen LogP contribution >= 0.6 is 0 Å². The number of rotatable bonds is 4. The van der Waals surface area contributed by atoms with Gasteiger partial charge in [0.25, 0.3) is 0 Å². The van der Waals surface area contributed by atoms with E-state index in [4.69, 9.17) is 4.74 Å². The van der Waals surface area contributed by atoms with Crippen LogP contribution in [0.5, 0.6) is 5.75 Å². The summed E-state index contributed by atoms with van der Waals surface area (Å²) < 4.78 is 5.54. The summed E-state index contributed by atoms with van der Waals surface area (Å²) in [6, 6.07) is 26.9. The first kappa shape index (κ1) is 17.8. The Morgan fingerprint density at radius 3 is 2.38 bits per heavy atom. The molecule has 2 aliphatic heterocycles. The highest BCUT2D eigenvalue weighted by atomic mass is 16.5. The van der Waals surface area contributed by atoms with Crippen molar-refractivity contribution in [2.75, 3.05) is 19.1 Å². The number of amides is 1. The van der Waals surface area contributed by atoms with E-state index in [-0.39, 0.29) is 12.1 Å². The maximum atomic E-state index is 13.3. The van der Waals surface area contributed by atoms with Gasteiger partial charge < -0.3 is 14.5 Å². The SMILES string of the molecule is COc1ccc2c(c1)[C@@]1(c3ccccc3)CC(=O)N(Cc3ccccc3)[C@H]1N2C. The van der Waals surface area contributed by atoms with Crippen LogP contribution in [-0.4, -0.2) is 31.1 Å². The molecule has 0 bridgehead atoms. The van der Waals surface area contributed by atoms with E-state index in [1.54, 1.807) is 7.11 Å². The lowest BCUT2D eigenvalue weighted by Gasteiger charge is -2.36.